The van der Waals surface area contributed by atoms with Crippen LogP contribution in [0.4, 0.5) is 0 Å². The molecule has 188 valence electrons. The Labute approximate surface area is 217 Å². The molecular formula is C26H23ClN6O4. The third-order valence-electron chi connectivity index (χ3n) is 5.55. The normalized spacial score (nSPS) is 11.0. The number of carbonyl (C=O) groups is 1. The van der Waals surface area contributed by atoms with Gasteiger partial charge in [0.2, 0.25) is 5.88 Å². The van der Waals surface area contributed by atoms with Crippen molar-refractivity contribution in [3.05, 3.63) is 89.0 Å². The van der Waals surface area contributed by atoms with Crippen molar-refractivity contribution in [2.45, 2.75) is 20.1 Å². The Bertz CT molecular complexity index is 1550. The van der Waals surface area contributed by atoms with Crippen molar-refractivity contribution in [2.24, 2.45) is 0 Å². The number of esters is 1. The number of ether oxygens (including phenoxy) is 3. The molecule has 11 heteroatoms. The number of methoxy groups -OCH3 is 1. The first-order valence-corrected chi connectivity index (χ1v) is 11.9. The van der Waals surface area contributed by atoms with E-state index < -0.39 is 5.97 Å². The van der Waals surface area contributed by atoms with E-state index in [0.717, 1.165) is 11.1 Å². The zero-order valence-electron chi connectivity index (χ0n) is 20.2. The molecule has 0 saturated carbocycles. The molecule has 0 amide bonds. The van der Waals surface area contributed by atoms with Crippen molar-refractivity contribution in [1.29, 1.82) is 0 Å². The fourth-order valence-electron chi connectivity index (χ4n) is 3.70. The molecule has 3 heterocycles. The first kappa shape index (κ1) is 24.3. The molecule has 0 fully saturated rings. The van der Waals surface area contributed by atoms with E-state index in [-0.39, 0.29) is 24.7 Å². The number of imidazole rings is 1. The first-order valence-electron chi connectivity index (χ1n) is 11.5. The molecule has 37 heavy (non-hydrogen) atoms. The van der Waals surface area contributed by atoms with Crippen molar-refractivity contribution in [1.82, 2.24) is 29.3 Å². The van der Waals surface area contributed by atoms with Gasteiger partial charge in [-0.15, -0.1) is 0 Å². The molecule has 0 spiro atoms. The van der Waals surface area contributed by atoms with Gasteiger partial charge in [0.15, 0.2) is 11.2 Å². The number of aromatic nitrogens is 6. The van der Waals surface area contributed by atoms with Crippen LogP contribution in [0.15, 0.2) is 67.3 Å². The number of fused-ring (bicyclic) bond motifs is 1. The minimum atomic E-state index is -0.476. The molecule has 0 atom stereocenters. The van der Waals surface area contributed by atoms with Gasteiger partial charge in [0, 0.05) is 11.2 Å². The average Bonchev–Trinajstić information content (AvgIpc) is 3.57. The highest BCUT2D eigenvalue weighted by atomic mass is 35.5. The van der Waals surface area contributed by atoms with Crippen LogP contribution in [0.25, 0.3) is 17.1 Å². The minimum Gasteiger partial charge on any atom is -0.497 e. The van der Waals surface area contributed by atoms with Gasteiger partial charge >= 0.3 is 5.97 Å². The lowest BCUT2D eigenvalue weighted by Gasteiger charge is -2.12. The van der Waals surface area contributed by atoms with Crippen molar-refractivity contribution in [2.75, 3.05) is 13.7 Å². The van der Waals surface area contributed by atoms with E-state index in [1.807, 2.05) is 47.0 Å². The minimum absolute atomic E-state index is 0.207. The molecule has 0 radical (unpaired) electrons. The number of nitrogens with zero attached hydrogens (tertiary/aromatic N) is 6. The summed E-state index contributed by atoms with van der Waals surface area (Å²) in [7, 11) is 1.59. The van der Waals surface area contributed by atoms with Gasteiger partial charge in [0.25, 0.3) is 5.95 Å². The highest BCUT2D eigenvalue weighted by Gasteiger charge is 2.19. The average molecular weight is 519 g/mol. The van der Waals surface area contributed by atoms with Crippen LogP contribution in [0, 0.1) is 0 Å². The van der Waals surface area contributed by atoms with Gasteiger partial charge in [-0.25, -0.2) is 14.5 Å². The van der Waals surface area contributed by atoms with E-state index in [2.05, 4.69) is 20.1 Å². The molecule has 5 aromatic rings. The third-order valence-corrected chi connectivity index (χ3v) is 5.90. The van der Waals surface area contributed by atoms with Crippen LogP contribution in [-0.4, -0.2) is 49.0 Å². The second-order valence-electron chi connectivity index (χ2n) is 8.00. The largest absolute Gasteiger partial charge is 0.497 e. The molecular weight excluding hydrogens is 496 g/mol. The third kappa shape index (κ3) is 5.24. The lowest BCUT2D eigenvalue weighted by atomic mass is 10.2. The topological polar surface area (TPSA) is 106 Å². The highest BCUT2D eigenvalue weighted by molar-refractivity contribution is 6.31. The number of rotatable bonds is 9. The van der Waals surface area contributed by atoms with Crippen molar-refractivity contribution in [3.8, 4) is 17.6 Å². The highest BCUT2D eigenvalue weighted by Crippen LogP contribution is 2.28. The smallest absolute Gasteiger partial charge is 0.341 e. The van der Waals surface area contributed by atoms with Crippen LogP contribution in [-0.2, 0) is 17.9 Å². The number of hydrogen-bond donors (Lipinski definition) is 0. The Kier molecular flexibility index (Phi) is 7.00. The maximum Gasteiger partial charge on any atom is 0.341 e. The molecule has 0 saturated heterocycles. The summed E-state index contributed by atoms with van der Waals surface area (Å²) in [5.74, 6) is 0.722. The Morgan fingerprint density at radius 2 is 1.95 bits per heavy atom. The summed E-state index contributed by atoms with van der Waals surface area (Å²) < 4.78 is 19.7. The SMILES string of the molecule is CCOC(=O)c1cnn(-c2nc(OCc3ccccc3)c3c(ncn3Cc3ccc(OC)cc3Cl)n2)c1. The second kappa shape index (κ2) is 10.7. The molecule has 0 bridgehead atoms. The lowest BCUT2D eigenvalue weighted by Crippen LogP contribution is -2.08. The predicted molar refractivity (Wildman–Crippen MR) is 136 cm³/mol. The Balaban J connectivity index is 1.54. The van der Waals surface area contributed by atoms with E-state index in [9.17, 15) is 4.79 Å². The molecule has 0 aliphatic heterocycles. The summed E-state index contributed by atoms with van der Waals surface area (Å²) in [5.41, 5.74) is 3.14. The van der Waals surface area contributed by atoms with E-state index >= 15 is 0 Å². The van der Waals surface area contributed by atoms with Gasteiger partial charge in [-0.2, -0.15) is 15.1 Å². The molecule has 0 aliphatic rings. The number of carbonyl (C=O) groups excluding carboxylic acids is 1. The molecule has 5 rings (SSSR count). The van der Waals surface area contributed by atoms with Gasteiger partial charge in [-0.1, -0.05) is 48.0 Å². The van der Waals surface area contributed by atoms with Crippen molar-refractivity contribution < 1.29 is 19.0 Å². The van der Waals surface area contributed by atoms with Crippen LogP contribution in [0.1, 0.15) is 28.4 Å². The fraction of sp³-hybridized carbons (Fsp3) is 0.192. The van der Waals surface area contributed by atoms with Gasteiger partial charge in [0.1, 0.15) is 12.4 Å². The standard InChI is InChI=1S/C26H23ClN6O4/c1-3-36-25(34)19-12-29-33(14-19)26-30-23-22(24(31-26)37-15-17-7-5-4-6-8-17)32(16-28-23)13-18-9-10-20(35-2)11-21(18)27/h4-12,14,16H,3,13,15H2,1-2H3. The summed E-state index contributed by atoms with van der Waals surface area (Å²) in [6.45, 7) is 2.71. The first-order chi connectivity index (χ1) is 18.1. The van der Waals surface area contributed by atoms with Gasteiger partial charge in [-0.3, -0.25) is 0 Å². The number of halogens is 1. The van der Waals surface area contributed by atoms with Gasteiger partial charge in [-0.05, 0) is 30.2 Å². The van der Waals surface area contributed by atoms with Crippen molar-refractivity contribution in [3.63, 3.8) is 0 Å². The Morgan fingerprint density at radius 3 is 2.70 bits per heavy atom. The van der Waals surface area contributed by atoms with Crippen LogP contribution < -0.4 is 9.47 Å². The van der Waals surface area contributed by atoms with Crippen LogP contribution in [0.3, 0.4) is 0 Å². The monoisotopic (exact) mass is 518 g/mol. The Hall–Kier alpha value is -4.44. The quantitative estimate of drug-likeness (QED) is 0.263. The van der Waals surface area contributed by atoms with E-state index in [0.29, 0.717) is 34.4 Å². The van der Waals surface area contributed by atoms with E-state index in [4.69, 9.17) is 25.8 Å². The number of hydrogen-bond acceptors (Lipinski definition) is 8. The van der Waals surface area contributed by atoms with Gasteiger partial charge in [0.05, 0.1) is 38.3 Å². The van der Waals surface area contributed by atoms with Gasteiger partial charge < -0.3 is 18.8 Å². The lowest BCUT2D eigenvalue weighted by molar-refractivity contribution is 0.0526. The summed E-state index contributed by atoms with van der Waals surface area (Å²) in [6, 6.07) is 15.3. The second-order valence-corrected chi connectivity index (χ2v) is 8.41. The molecule has 0 N–H and O–H groups in total. The predicted octanol–water partition coefficient (Wildman–Crippen LogP) is 4.48. The molecule has 2 aromatic carbocycles. The zero-order valence-corrected chi connectivity index (χ0v) is 20.9. The van der Waals surface area contributed by atoms with Crippen LogP contribution in [0.2, 0.25) is 5.02 Å². The summed E-state index contributed by atoms with van der Waals surface area (Å²) in [6.07, 6.45) is 4.57. The summed E-state index contributed by atoms with van der Waals surface area (Å²) in [4.78, 5) is 25.8. The molecule has 0 aliphatic carbocycles. The van der Waals surface area contributed by atoms with E-state index in [1.165, 1.54) is 17.1 Å². The van der Waals surface area contributed by atoms with Crippen molar-refractivity contribution >= 4 is 28.7 Å². The number of benzene rings is 2. The zero-order chi connectivity index (χ0) is 25.8. The molecule has 3 aromatic heterocycles. The van der Waals surface area contributed by atoms with Crippen LogP contribution >= 0.6 is 11.6 Å². The molecule has 0 unspecified atom stereocenters. The molecule has 10 nitrogen and oxygen atoms in total. The fourth-order valence-corrected chi connectivity index (χ4v) is 3.93. The van der Waals surface area contributed by atoms with E-state index in [1.54, 1.807) is 26.4 Å². The Morgan fingerprint density at radius 1 is 1.11 bits per heavy atom. The maximum atomic E-state index is 12.1. The summed E-state index contributed by atoms with van der Waals surface area (Å²) >= 11 is 6.49. The maximum absolute atomic E-state index is 12.1. The van der Waals surface area contributed by atoms with Crippen LogP contribution in [0.5, 0.6) is 11.6 Å². The summed E-state index contributed by atoms with van der Waals surface area (Å²) in [5, 5.41) is 4.79.